The van der Waals surface area contributed by atoms with Crippen LogP contribution in [0.1, 0.15) is 63.9 Å². The molecule has 152 valence electrons. The number of anilines is 1. The summed E-state index contributed by atoms with van der Waals surface area (Å²) in [5.41, 5.74) is 3.13. The van der Waals surface area contributed by atoms with E-state index in [0.29, 0.717) is 23.9 Å². The third-order valence-electron chi connectivity index (χ3n) is 6.67. The maximum atomic E-state index is 12.1. The predicted octanol–water partition coefficient (Wildman–Crippen LogP) is 3.11. The molecule has 6 nitrogen and oxygen atoms in total. The second-order valence-electron chi connectivity index (χ2n) is 9.49. The molecule has 1 heterocycles. The van der Waals surface area contributed by atoms with Gasteiger partial charge in [0.05, 0.1) is 0 Å². The van der Waals surface area contributed by atoms with Crippen LogP contribution < -0.4 is 21.3 Å². The Morgan fingerprint density at radius 3 is 2.36 bits per heavy atom. The Morgan fingerprint density at radius 2 is 1.75 bits per heavy atom. The van der Waals surface area contributed by atoms with E-state index in [1.165, 1.54) is 31.2 Å². The number of carbonyl (C=O) groups excluding carboxylic acids is 2. The maximum Gasteiger partial charge on any atom is 0.315 e. The van der Waals surface area contributed by atoms with Crippen LogP contribution in [0.4, 0.5) is 10.5 Å². The smallest absolute Gasteiger partial charge is 0.315 e. The molecule has 0 bridgehead atoms. The molecular weight excluding hydrogens is 352 g/mol. The molecule has 1 aromatic carbocycles. The van der Waals surface area contributed by atoms with Crippen molar-refractivity contribution in [2.24, 2.45) is 5.41 Å². The number of nitrogens with one attached hydrogen (secondary N) is 4. The normalized spacial score (nSPS) is 29.4. The van der Waals surface area contributed by atoms with Gasteiger partial charge in [-0.05, 0) is 67.6 Å². The summed E-state index contributed by atoms with van der Waals surface area (Å²) in [7, 11) is 0. The Morgan fingerprint density at radius 1 is 1.07 bits per heavy atom. The summed E-state index contributed by atoms with van der Waals surface area (Å²) in [5, 5.41) is 11.8. The van der Waals surface area contributed by atoms with Gasteiger partial charge in [0, 0.05) is 24.3 Å². The van der Waals surface area contributed by atoms with E-state index in [2.05, 4.69) is 59.4 Å². The molecule has 4 N–H and O–H groups in total. The van der Waals surface area contributed by atoms with Crippen LogP contribution in [0.15, 0.2) is 24.3 Å². The molecule has 28 heavy (non-hydrogen) atoms. The van der Waals surface area contributed by atoms with Crippen LogP contribution in [0.2, 0.25) is 0 Å². The predicted molar refractivity (Wildman–Crippen MR) is 110 cm³/mol. The van der Waals surface area contributed by atoms with E-state index < -0.39 is 6.04 Å². The van der Waals surface area contributed by atoms with Crippen LogP contribution in [0.3, 0.4) is 0 Å². The molecule has 3 amide bonds. The summed E-state index contributed by atoms with van der Waals surface area (Å²) in [4.78, 5) is 23.2. The maximum absolute atomic E-state index is 12.1. The van der Waals surface area contributed by atoms with Crippen molar-refractivity contribution >= 4 is 17.6 Å². The van der Waals surface area contributed by atoms with E-state index >= 15 is 0 Å². The fourth-order valence-electron chi connectivity index (χ4n) is 4.59. The van der Waals surface area contributed by atoms with Gasteiger partial charge >= 0.3 is 6.03 Å². The lowest BCUT2D eigenvalue weighted by atomic mass is 9.71. The highest BCUT2D eigenvalue weighted by Crippen LogP contribution is 2.42. The van der Waals surface area contributed by atoms with Crippen molar-refractivity contribution in [3.05, 3.63) is 29.8 Å². The van der Waals surface area contributed by atoms with Crippen LogP contribution in [0, 0.1) is 5.41 Å². The average molecular weight is 385 g/mol. The monoisotopic (exact) mass is 384 g/mol. The molecule has 2 aliphatic carbocycles. The Balaban J connectivity index is 1.20. The Hall–Kier alpha value is -2.24. The van der Waals surface area contributed by atoms with Crippen molar-refractivity contribution in [3.63, 3.8) is 0 Å². The molecule has 1 aliphatic heterocycles. The van der Waals surface area contributed by atoms with Crippen LogP contribution in [-0.4, -0.2) is 36.6 Å². The highest BCUT2D eigenvalue weighted by atomic mass is 16.2. The minimum Gasteiger partial charge on any atom is -0.382 e. The van der Waals surface area contributed by atoms with Crippen molar-refractivity contribution in [3.8, 4) is 0 Å². The van der Waals surface area contributed by atoms with Gasteiger partial charge in [0.2, 0.25) is 5.91 Å². The number of benzene rings is 1. The fourth-order valence-corrected chi connectivity index (χ4v) is 4.59. The number of rotatable bonds is 5. The van der Waals surface area contributed by atoms with Crippen molar-refractivity contribution < 1.29 is 9.59 Å². The van der Waals surface area contributed by atoms with Gasteiger partial charge in [-0.25, -0.2) is 4.79 Å². The second-order valence-corrected chi connectivity index (χ2v) is 9.49. The zero-order valence-corrected chi connectivity index (χ0v) is 16.9. The van der Waals surface area contributed by atoms with E-state index in [-0.39, 0.29) is 18.0 Å². The number of hydrogen-bond donors (Lipinski definition) is 4. The van der Waals surface area contributed by atoms with Crippen LogP contribution in [-0.2, 0) is 4.79 Å². The van der Waals surface area contributed by atoms with E-state index in [4.69, 9.17) is 0 Å². The Bertz CT molecular complexity index is 715. The van der Waals surface area contributed by atoms with Gasteiger partial charge in [0.1, 0.15) is 6.04 Å². The molecular formula is C22H32N4O2. The summed E-state index contributed by atoms with van der Waals surface area (Å²) in [6, 6.07) is 8.81. The summed E-state index contributed by atoms with van der Waals surface area (Å²) < 4.78 is 0. The highest BCUT2D eigenvalue weighted by molar-refractivity contribution is 5.90. The highest BCUT2D eigenvalue weighted by Gasteiger charge is 2.34. The number of hydrogen-bond acceptors (Lipinski definition) is 3. The second kappa shape index (κ2) is 7.64. The van der Waals surface area contributed by atoms with Crippen LogP contribution in [0.5, 0.6) is 0 Å². The van der Waals surface area contributed by atoms with Gasteiger partial charge in [-0.3, -0.25) is 4.79 Å². The van der Waals surface area contributed by atoms with Gasteiger partial charge < -0.3 is 21.3 Å². The first kappa shape index (κ1) is 19.1. The SMILES string of the molecule is CC1(C)CCC(c2ccc(NC3CC(NC(=O)C4CNC(=O)N4)C3)cc2)CC1. The summed E-state index contributed by atoms with van der Waals surface area (Å²) >= 11 is 0. The van der Waals surface area contributed by atoms with Gasteiger partial charge in [-0.1, -0.05) is 26.0 Å². The third-order valence-corrected chi connectivity index (χ3v) is 6.67. The molecule has 1 aromatic rings. The first-order valence-electron chi connectivity index (χ1n) is 10.6. The first-order valence-corrected chi connectivity index (χ1v) is 10.6. The summed E-state index contributed by atoms with van der Waals surface area (Å²) in [6.45, 7) is 5.13. The third kappa shape index (κ3) is 4.42. The molecule has 3 aliphatic rings. The molecule has 1 unspecified atom stereocenters. The lowest BCUT2D eigenvalue weighted by Gasteiger charge is -2.37. The molecule has 0 radical (unpaired) electrons. The van der Waals surface area contributed by atoms with Crippen molar-refractivity contribution in [2.45, 2.75) is 76.4 Å². The van der Waals surface area contributed by atoms with Gasteiger partial charge in [-0.15, -0.1) is 0 Å². The van der Waals surface area contributed by atoms with E-state index in [0.717, 1.165) is 18.5 Å². The minimum absolute atomic E-state index is 0.0955. The zero-order chi connectivity index (χ0) is 19.7. The fraction of sp³-hybridized carbons (Fsp3) is 0.636. The van der Waals surface area contributed by atoms with Gasteiger partial charge in [-0.2, -0.15) is 0 Å². The van der Waals surface area contributed by atoms with Gasteiger partial charge in [0.25, 0.3) is 0 Å². The minimum atomic E-state index is -0.447. The van der Waals surface area contributed by atoms with E-state index in [1.54, 1.807) is 0 Å². The molecule has 6 heteroatoms. The molecule has 4 rings (SSSR count). The van der Waals surface area contributed by atoms with Crippen molar-refractivity contribution in [1.82, 2.24) is 16.0 Å². The lowest BCUT2D eigenvalue weighted by Crippen LogP contribution is -2.54. The van der Waals surface area contributed by atoms with Crippen LogP contribution >= 0.6 is 0 Å². The van der Waals surface area contributed by atoms with E-state index in [1.807, 2.05) is 0 Å². The summed E-state index contributed by atoms with van der Waals surface area (Å²) in [5.74, 6) is 0.609. The molecule has 1 saturated heterocycles. The zero-order valence-electron chi connectivity index (χ0n) is 16.9. The molecule has 2 saturated carbocycles. The lowest BCUT2D eigenvalue weighted by molar-refractivity contribution is -0.123. The number of urea groups is 1. The van der Waals surface area contributed by atoms with Gasteiger partial charge in [0.15, 0.2) is 0 Å². The van der Waals surface area contributed by atoms with Crippen molar-refractivity contribution in [1.29, 1.82) is 0 Å². The molecule has 1 atom stereocenters. The molecule has 0 aromatic heterocycles. The molecule has 0 spiro atoms. The average Bonchev–Trinajstić information content (AvgIpc) is 3.07. The topological polar surface area (TPSA) is 82.3 Å². The molecule has 3 fully saturated rings. The van der Waals surface area contributed by atoms with Crippen LogP contribution in [0.25, 0.3) is 0 Å². The quantitative estimate of drug-likeness (QED) is 0.630. The Labute approximate surface area is 167 Å². The largest absolute Gasteiger partial charge is 0.382 e. The van der Waals surface area contributed by atoms with Crippen molar-refractivity contribution in [2.75, 3.05) is 11.9 Å². The standard InChI is InChI=1S/C22H32N4O2/c1-22(2)9-7-15(8-10-22)14-3-5-16(6-4-14)24-17-11-18(12-17)25-20(27)19-13-23-21(28)26-19/h3-6,15,17-19,24H,7-13H2,1-2H3,(H,25,27)(H2,23,26,28). The summed E-state index contributed by atoms with van der Waals surface area (Å²) in [6.07, 6.45) is 7.04. The number of carbonyl (C=O) groups is 2. The first-order chi connectivity index (χ1) is 13.4. The Kier molecular flexibility index (Phi) is 5.21. The van der Waals surface area contributed by atoms with E-state index in [9.17, 15) is 9.59 Å². The number of amides is 3.